The van der Waals surface area contributed by atoms with Crippen molar-refractivity contribution < 1.29 is 102 Å². The second-order valence-corrected chi connectivity index (χ2v) is 28.6. The predicted octanol–water partition coefficient (Wildman–Crippen LogP) is -7.82. The highest BCUT2D eigenvalue weighted by Gasteiger charge is 2.48. The molecule has 25 N–H and O–H groups in total. The molecule has 0 radical (unpaired) electrons. The number of carboxylic acids is 3. The van der Waals surface area contributed by atoms with E-state index in [1.54, 1.807) is 13.8 Å². The molecule has 5 aliphatic heterocycles. The number of aromatic nitrogens is 2. The summed E-state index contributed by atoms with van der Waals surface area (Å²) < 4.78 is 0. The summed E-state index contributed by atoms with van der Waals surface area (Å²) >= 11 is 0. The number of amides is 15. The molecule has 6 rings (SSSR count). The summed E-state index contributed by atoms with van der Waals surface area (Å²) in [6.45, 7) is 3.38. The molecule has 15 amide bonds. The maximum atomic E-state index is 14.9. The maximum Gasteiger partial charge on any atom is 0.326 e. The monoisotopic (exact) mass is 1580 g/mol. The molecule has 5 aliphatic rings. The Kier molecular flexibility index (Phi) is 34.2. The lowest BCUT2D eigenvalue weighted by Crippen LogP contribution is -2.60. The van der Waals surface area contributed by atoms with Gasteiger partial charge in [0, 0.05) is 83.3 Å². The molecular weight excluding hydrogens is 1470 g/mol. The first-order valence-electron chi connectivity index (χ1n) is 37.3. The average molecular weight is 1580 g/mol. The predicted molar refractivity (Wildman–Crippen MR) is 391 cm³/mol. The smallest absolute Gasteiger partial charge is 0.326 e. The van der Waals surface area contributed by atoms with E-state index in [0.717, 1.165) is 4.90 Å². The van der Waals surface area contributed by atoms with E-state index in [-0.39, 0.29) is 147 Å². The maximum absolute atomic E-state index is 14.9. The number of carboxylic acid groups (broad SMARTS) is 3. The number of nitrogens with two attached hydrogens (primary N) is 6. The number of hydrogen-bond donors (Lipinski definition) is 19. The number of carbonyl (C=O) groups excluding carboxylic acids is 15. The normalized spacial score (nSPS) is 20.0. The van der Waals surface area contributed by atoms with Crippen LogP contribution in [0.3, 0.4) is 0 Å². The highest BCUT2D eigenvalue weighted by atomic mass is 16.4. The number of carbonyl (C=O) groups is 18. The van der Waals surface area contributed by atoms with Crippen LogP contribution in [0.5, 0.6) is 0 Å². The third-order valence-electron chi connectivity index (χ3n) is 19.6. The number of rotatable bonds is 44. The van der Waals surface area contributed by atoms with E-state index >= 15 is 0 Å². The highest BCUT2D eigenvalue weighted by molar-refractivity contribution is 6.01. The van der Waals surface area contributed by atoms with Crippen LogP contribution >= 0.6 is 0 Å². The molecule has 0 unspecified atom stereocenters. The number of imidazole rings is 1. The number of primary amides is 2. The minimum atomic E-state index is -1.91. The van der Waals surface area contributed by atoms with Gasteiger partial charge in [-0.25, -0.2) is 9.78 Å². The van der Waals surface area contributed by atoms with Crippen LogP contribution in [0, 0.1) is 5.92 Å². The Morgan fingerprint density at radius 2 is 0.884 bits per heavy atom. The second kappa shape index (κ2) is 43.0. The van der Waals surface area contributed by atoms with Crippen LogP contribution in [0.25, 0.3) is 0 Å². The van der Waals surface area contributed by atoms with Crippen LogP contribution in [0.1, 0.15) is 161 Å². The van der Waals surface area contributed by atoms with E-state index in [1.165, 1.54) is 27.2 Å². The third kappa shape index (κ3) is 27.1. The molecule has 0 aliphatic carbocycles. The zero-order valence-corrected chi connectivity index (χ0v) is 62.5. The van der Waals surface area contributed by atoms with Crippen molar-refractivity contribution in [2.45, 2.75) is 240 Å². The number of aliphatic carboxylic acids is 3. The van der Waals surface area contributed by atoms with Crippen molar-refractivity contribution in [3.8, 4) is 0 Å². The molecule has 13 atom stereocenters. The molecule has 5 saturated heterocycles. The van der Waals surface area contributed by atoms with E-state index in [4.69, 9.17) is 34.4 Å². The molecular formula is C68H105N23O21. The van der Waals surface area contributed by atoms with Gasteiger partial charge in [-0.1, -0.05) is 13.8 Å². The summed E-state index contributed by atoms with van der Waals surface area (Å²) in [5.41, 5.74) is 33.4. The summed E-state index contributed by atoms with van der Waals surface area (Å²) in [5, 5.41) is 51.2. The van der Waals surface area contributed by atoms with E-state index in [2.05, 4.69) is 67.8 Å². The first kappa shape index (κ1) is 89.1. The number of aliphatic imine (C=N–C) groups is 2. The molecule has 618 valence electrons. The van der Waals surface area contributed by atoms with E-state index < -0.39 is 230 Å². The average Bonchev–Trinajstić information content (AvgIpc) is 1.64. The number of nitrogens with one attached hydrogen (secondary N) is 10. The number of nitrogens with zero attached hydrogens (tertiary/aromatic N) is 7. The molecule has 0 saturated carbocycles. The molecule has 0 spiro atoms. The summed E-state index contributed by atoms with van der Waals surface area (Å²) in [5.74, 6) is -18.0. The minimum absolute atomic E-state index is 0.00448. The Bertz CT molecular complexity index is 3680. The van der Waals surface area contributed by atoms with Crippen LogP contribution in [-0.4, -0.2) is 281 Å². The van der Waals surface area contributed by atoms with Gasteiger partial charge in [-0.15, -0.1) is 0 Å². The van der Waals surface area contributed by atoms with Crippen LogP contribution < -0.4 is 82.3 Å². The fourth-order valence-electron chi connectivity index (χ4n) is 14.0. The van der Waals surface area contributed by atoms with Gasteiger partial charge >= 0.3 is 17.9 Å². The zero-order chi connectivity index (χ0) is 82.6. The quantitative estimate of drug-likeness (QED) is 0.0164. The summed E-state index contributed by atoms with van der Waals surface area (Å²) in [6.07, 6.45) is -0.190. The van der Waals surface area contributed by atoms with Crippen molar-refractivity contribution >= 4 is 118 Å². The zero-order valence-electron chi connectivity index (χ0n) is 62.5. The Morgan fingerprint density at radius 3 is 1.32 bits per heavy atom. The van der Waals surface area contributed by atoms with Gasteiger partial charge in [0.05, 0.1) is 12.7 Å². The van der Waals surface area contributed by atoms with Gasteiger partial charge in [0.2, 0.25) is 88.6 Å². The molecule has 1 aromatic rings. The van der Waals surface area contributed by atoms with Gasteiger partial charge < -0.3 is 122 Å². The van der Waals surface area contributed by atoms with Crippen LogP contribution in [0.2, 0.25) is 0 Å². The standard InChI is InChI=1S/C68H105N23O21/c1-34(2)29-42(85-60(105)45-11-5-25-88(45)64(109)47-13-7-27-90(47)62(107)40(10-4-24-77-68(73)74)83-57(102)39(18-22-52(95)96)81-55(100)37-17-21-51(94)79-37)58(103)82-38(15-19-49(69)92)56(101)84-41(16-20-50(70)93)63(108)91-28-8-14-48(91)65(110)89-26-6-12-46(89)61(106)86-43(30-35-32-75-33-78-35)59(104)80-36(9-3-23-76-67(71)72)54(99)87-44(66(111)112)31-53(97)98/h32-34,36-48H,3-31H2,1-2H3,(H2,69,92)(H2,70,93)(H,75,78)(H,79,94)(H,80,104)(H,81,100)(H,82,103)(H,83,102)(H,84,101)(H,85,105)(H,86,106)(H,87,99)(H,95,96)(H,97,98)(H,111,112)(H4,71,72,76)(H4,73,74,77)/t36-,37-,38-,39-,40-,41-,42-,43-,44-,45-,46-,47-,48-/m0/s1. The van der Waals surface area contributed by atoms with Crippen molar-refractivity contribution in [2.75, 3.05) is 39.3 Å². The van der Waals surface area contributed by atoms with E-state index in [1.807, 2.05) is 0 Å². The summed E-state index contributed by atoms with van der Waals surface area (Å²) in [7, 11) is 0. The van der Waals surface area contributed by atoms with Gasteiger partial charge in [0.25, 0.3) is 0 Å². The van der Waals surface area contributed by atoms with Crippen LogP contribution in [-0.2, 0) is 92.7 Å². The van der Waals surface area contributed by atoms with Crippen molar-refractivity contribution in [1.29, 1.82) is 0 Å². The highest BCUT2D eigenvalue weighted by Crippen LogP contribution is 2.29. The molecule has 0 bridgehead atoms. The van der Waals surface area contributed by atoms with E-state index in [9.17, 15) is 102 Å². The first-order valence-corrected chi connectivity index (χ1v) is 37.3. The molecule has 44 nitrogen and oxygen atoms in total. The molecule has 112 heavy (non-hydrogen) atoms. The number of guanidine groups is 2. The van der Waals surface area contributed by atoms with Gasteiger partial charge in [0.15, 0.2) is 11.9 Å². The Morgan fingerprint density at radius 1 is 0.482 bits per heavy atom. The van der Waals surface area contributed by atoms with Gasteiger partial charge in [-0.05, 0) is 115 Å². The Balaban J connectivity index is 1.16. The van der Waals surface area contributed by atoms with Crippen molar-refractivity contribution in [3.05, 3.63) is 18.2 Å². The first-order chi connectivity index (χ1) is 53.0. The third-order valence-corrected chi connectivity index (χ3v) is 19.6. The van der Waals surface area contributed by atoms with Crippen molar-refractivity contribution in [1.82, 2.24) is 77.4 Å². The number of hydrogen-bond acceptors (Lipinski definition) is 21. The number of likely N-dealkylation sites (tertiary alicyclic amines) is 4. The largest absolute Gasteiger partial charge is 0.481 e. The van der Waals surface area contributed by atoms with Crippen molar-refractivity contribution in [2.24, 2.45) is 50.3 Å². The fourth-order valence-corrected chi connectivity index (χ4v) is 14.0. The van der Waals surface area contributed by atoms with Crippen molar-refractivity contribution in [3.63, 3.8) is 0 Å². The topological polar surface area (TPSA) is 699 Å². The van der Waals surface area contributed by atoms with E-state index in [0.29, 0.717) is 18.5 Å². The molecule has 5 fully saturated rings. The fraction of sp³-hybridized carbons (Fsp3) is 0.662. The van der Waals surface area contributed by atoms with Gasteiger partial charge in [0.1, 0.15) is 78.5 Å². The molecule has 6 heterocycles. The summed E-state index contributed by atoms with van der Waals surface area (Å²) in [6, 6.07) is -18.5. The van der Waals surface area contributed by atoms with Crippen LogP contribution in [0.4, 0.5) is 0 Å². The lowest BCUT2D eigenvalue weighted by atomic mass is 10.0. The Labute approximate surface area is 643 Å². The molecule has 44 heteroatoms. The molecule has 0 aromatic carbocycles. The lowest BCUT2D eigenvalue weighted by molar-refractivity contribution is -0.148. The second-order valence-electron chi connectivity index (χ2n) is 28.6. The Hall–Kier alpha value is -11.8. The van der Waals surface area contributed by atoms with Gasteiger partial charge in [-0.3, -0.25) is 91.5 Å². The SMILES string of the molecule is CC(C)C[C@H](NC(=O)[C@@H]1CCCN1C(=O)[C@@H]1CCCN1C(=O)[C@H](CCCN=C(N)N)NC(=O)[C@H](CCC(=O)O)NC(=O)[C@@H]1CCC(=O)N1)C(=O)N[C@@H](CCC(N)=O)C(=O)N[C@@H](CCC(N)=O)C(=O)N1CCC[C@H]1C(=O)N1CCC[C@H]1C(=O)N[C@@H](Cc1cnc[nH]1)C(=O)N[C@@H](CCCN=C(N)N)C(=O)N[C@@H](CC(=O)O)C(=O)O. The lowest BCUT2D eigenvalue weighted by Gasteiger charge is -2.34. The summed E-state index contributed by atoms with van der Waals surface area (Å²) in [4.78, 5) is 264. The van der Waals surface area contributed by atoms with Crippen LogP contribution in [0.15, 0.2) is 22.5 Å². The van der Waals surface area contributed by atoms with Gasteiger partial charge in [-0.2, -0.15) is 0 Å². The number of aromatic amines is 1. The minimum Gasteiger partial charge on any atom is -0.481 e. The molecule has 1 aromatic heterocycles. The number of H-pyrrole nitrogens is 1.